The van der Waals surface area contributed by atoms with Gasteiger partial charge in [-0.15, -0.1) is 0 Å². The molecule has 0 unspecified atom stereocenters. The molecule has 0 saturated heterocycles. The lowest BCUT2D eigenvalue weighted by Gasteiger charge is -2.07. The molecule has 3 rings (SSSR count). The van der Waals surface area contributed by atoms with Crippen molar-refractivity contribution < 1.29 is 4.39 Å². The zero-order valence-corrected chi connectivity index (χ0v) is 10.0. The van der Waals surface area contributed by atoms with Gasteiger partial charge in [0.05, 0.1) is 5.69 Å². The number of aromatic nitrogens is 3. The van der Waals surface area contributed by atoms with Gasteiger partial charge in [-0.3, -0.25) is 0 Å². The lowest BCUT2D eigenvalue weighted by Crippen LogP contribution is -2.03. The molecule has 92 valence electrons. The second-order valence-corrected chi connectivity index (χ2v) is 4.50. The van der Waals surface area contributed by atoms with Gasteiger partial charge in [0.1, 0.15) is 0 Å². The van der Waals surface area contributed by atoms with Crippen molar-refractivity contribution in [3.8, 4) is 0 Å². The summed E-state index contributed by atoms with van der Waals surface area (Å²) in [6.07, 6.45) is 3.77. The molecule has 0 aromatic carbocycles. The van der Waals surface area contributed by atoms with E-state index in [9.17, 15) is 4.39 Å². The Hall–Kier alpha value is -2.04. The van der Waals surface area contributed by atoms with Gasteiger partial charge in [-0.05, 0) is 38.0 Å². The van der Waals surface area contributed by atoms with Crippen LogP contribution in [0.15, 0.2) is 24.4 Å². The molecule has 18 heavy (non-hydrogen) atoms. The van der Waals surface area contributed by atoms with Crippen LogP contribution in [0.2, 0.25) is 0 Å². The molecular weight excluding hydrogens is 231 g/mol. The molecule has 1 saturated carbocycles. The van der Waals surface area contributed by atoms with Crippen molar-refractivity contribution in [3.05, 3.63) is 41.7 Å². The Kier molecular flexibility index (Phi) is 2.66. The Bertz CT molecular complexity index is 581. The van der Waals surface area contributed by atoms with Crippen molar-refractivity contribution >= 4 is 11.6 Å². The minimum Gasteiger partial charge on any atom is -0.320 e. The maximum Gasteiger partial charge on any atom is 0.236 e. The zero-order chi connectivity index (χ0) is 12.5. The molecule has 0 bridgehead atoms. The number of rotatable bonds is 3. The minimum atomic E-state index is -0.546. The van der Waals surface area contributed by atoms with Crippen LogP contribution in [0.25, 0.3) is 0 Å². The summed E-state index contributed by atoms with van der Waals surface area (Å²) in [4.78, 5) is 12.3. The average Bonchev–Trinajstić information content (AvgIpc) is 3.15. The maximum absolute atomic E-state index is 13.4. The van der Waals surface area contributed by atoms with E-state index in [0.717, 1.165) is 11.4 Å². The number of pyridine rings is 1. The smallest absolute Gasteiger partial charge is 0.236 e. The van der Waals surface area contributed by atoms with Crippen molar-refractivity contribution in [1.82, 2.24) is 15.0 Å². The van der Waals surface area contributed by atoms with Crippen LogP contribution in [-0.2, 0) is 0 Å². The fraction of sp³-hybridized carbons (Fsp3) is 0.308. The first-order chi connectivity index (χ1) is 8.72. The molecule has 1 N–H and O–H groups in total. The monoisotopic (exact) mass is 244 g/mol. The van der Waals surface area contributed by atoms with E-state index in [4.69, 9.17) is 0 Å². The lowest BCUT2D eigenvalue weighted by molar-refractivity contribution is 0.588. The van der Waals surface area contributed by atoms with Gasteiger partial charge in [-0.2, -0.15) is 4.39 Å². The molecule has 2 aromatic rings. The molecule has 2 heterocycles. The Morgan fingerprint density at radius 1 is 1.33 bits per heavy atom. The molecule has 0 radical (unpaired) electrons. The van der Waals surface area contributed by atoms with Gasteiger partial charge in [-0.1, -0.05) is 0 Å². The molecule has 0 atom stereocenters. The van der Waals surface area contributed by atoms with Crippen LogP contribution in [0.3, 0.4) is 0 Å². The largest absolute Gasteiger partial charge is 0.320 e. The highest BCUT2D eigenvalue weighted by atomic mass is 19.1. The molecule has 0 amide bonds. The van der Waals surface area contributed by atoms with Crippen molar-refractivity contribution in [1.29, 1.82) is 0 Å². The van der Waals surface area contributed by atoms with Crippen LogP contribution < -0.4 is 5.32 Å². The molecule has 0 spiro atoms. The second kappa shape index (κ2) is 4.33. The van der Waals surface area contributed by atoms with Gasteiger partial charge in [-0.25, -0.2) is 15.0 Å². The summed E-state index contributed by atoms with van der Waals surface area (Å²) in [6, 6.07) is 5.27. The van der Waals surface area contributed by atoms with Crippen LogP contribution in [-0.4, -0.2) is 15.0 Å². The third kappa shape index (κ3) is 2.30. The Morgan fingerprint density at radius 2 is 2.17 bits per heavy atom. The molecule has 2 aromatic heterocycles. The average molecular weight is 244 g/mol. The molecule has 0 aliphatic heterocycles. The first-order valence-corrected chi connectivity index (χ1v) is 5.95. The third-order valence-electron chi connectivity index (χ3n) is 2.88. The quantitative estimate of drug-likeness (QED) is 0.843. The maximum atomic E-state index is 13.4. The Labute approximate surface area is 104 Å². The van der Waals surface area contributed by atoms with E-state index >= 15 is 0 Å². The van der Waals surface area contributed by atoms with Gasteiger partial charge < -0.3 is 5.32 Å². The molecule has 5 heteroatoms. The standard InChI is InChI=1S/C13H13FN4/c1-8-7-11(9-4-5-9)18-13(16-8)17-10-3-2-6-15-12(10)14/h2-3,6-7,9H,4-5H2,1H3,(H,16,17,18). The molecular formula is C13H13FN4. The predicted octanol–water partition coefficient (Wildman–Crippen LogP) is 2.94. The van der Waals surface area contributed by atoms with E-state index in [2.05, 4.69) is 20.3 Å². The number of aryl methyl sites for hydroxylation is 1. The first-order valence-electron chi connectivity index (χ1n) is 5.95. The normalized spacial score (nSPS) is 14.6. The highest BCUT2D eigenvalue weighted by Gasteiger charge is 2.25. The van der Waals surface area contributed by atoms with Crippen LogP contribution in [0.5, 0.6) is 0 Å². The van der Waals surface area contributed by atoms with E-state index in [-0.39, 0.29) is 0 Å². The number of anilines is 2. The fourth-order valence-electron chi connectivity index (χ4n) is 1.84. The summed E-state index contributed by atoms with van der Waals surface area (Å²) in [6.45, 7) is 1.92. The van der Waals surface area contributed by atoms with Crippen LogP contribution in [0.1, 0.15) is 30.1 Å². The molecule has 1 aliphatic rings. The Balaban J connectivity index is 1.90. The summed E-state index contributed by atoms with van der Waals surface area (Å²) in [5, 5.41) is 2.88. The number of nitrogens with zero attached hydrogens (tertiary/aromatic N) is 3. The fourth-order valence-corrected chi connectivity index (χ4v) is 1.84. The van der Waals surface area contributed by atoms with Gasteiger partial charge in [0.25, 0.3) is 0 Å². The van der Waals surface area contributed by atoms with Crippen molar-refractivity contribution in [2.75, 3.05) is 5.32 Å². The summed E-state index contributed by atoms with van der Waals surface area (Å²) < 4.78 is 13.4. The zero-order valence-electron chi connectivity index (χ0n) is 10.0. The van der Waals surface area contributed by atoms with Crippen molar-refractivity contribution in [2.45, 2.75) is 25.7 Å². The summed E-state index contributed by atoms with van der Waals surface area (Å²) in [5.74, 6) is 0.436. The van der Waals surface area contributed by atoms with Crippen LogP contribution >= 0.6 is 0 Å². The molecule has 1 aliphatic carbocycles. The minimum absolute atomic E-state index is 0.296. The molecule has 4 nitrogen and oxygen atoms in total. The topological polar surface area (TPSA) is 50.7 Å². The van der Waals surface area contributed by atoms with E-state index in [1.54, 1.807) is 12.1 Å². The van der Waals surface area contributed by atoms with Gasteiger partial charge in [0.15, 0.2) is 0 Å². The number of halogens is 1. The summed E-state index contributed by atoms with van der Waals surface area (Å²) in [7, 11) is 0. The SMILES string of the molecule is Cc1cc(C2CC2)nc(Nc2cccnc2F)n1. The second-order valence-electron chi connectivity index (χ2n) is 4.50. The molecule has 1 fully saturated rings. The van der Waals surface area contributed by atoms with Crippen LogP contribution in [0, 0.1) is 12.9 Å². The Morgan fingerprint density at radius 3 is 2.89 bits per heavy atom. The van der Waals surface area contributed by atoms with E-state index in [1.807, 2.05) is 13.0 Å². The lowest BCUT2D eigenvalue weighted by atomic mass is 10.2. The van der Waals surface area contributed by atoms with Crippen molar-refractivity contribution in [2.24, 2.45) is 0 Å². The van der Waals surface area contributed by atoms with Gasteiger partial charge in [0, 0.05) is 23.5 Å². The van der Waals surface area contributed by atoms with E-state index in [1.165, 1.54) is 19.0 Å². The summed E-state index contributed by atoms with van der Waals surface area (Å²) in [5.41, 5.74) is 2.22. The number of nitrogens with one attached hydrogen (secondary N) is 1. The third-order valence-corrected chi connectivity index (χ3v) is 2.88. The van der Waals surface area contributed by atoms with Gasteiger partial charge >= 0.3 is 0 Å². The number of hydrogen-bond donors (Lipinski definition) is 1. The van der Waals surface area contributed by atoms with Gasteiger partial charge in [0.2, 0.25) is 11.9 Å². The highest BCUT2D eigenvalue weighted by molar-refractivity contribution is 5.52. The summed E-state index contributed by atoms with van der Waals surface area (Å²) >= 11 is 0. The number of hydrogen-bond acceptors (Lipinski definition) is 4. The predicted molar refractivity (Wildman–Crippen MR) is 66.2 cm³/mol. The van der Waals surface area contributed by atoms with E-state index in [0.29, 0.717) is 17.6 Å². The van der Waals surface area contributed by atoms with Crippen LogP contribution in [0.4, 0.5) is 16.0 Å². The first kappa shape index (κ1) is 11.1. The van der Waals surface area contributed by atoms with E-state index < -0.39 is 5.95 Å². The highest BCUT2D eigenvalue weighted by Crippen LogP contribution is 2.39. The van der Waals surface area contributed by atoms with Crippen molar-refractivity contribution in [3.63, 3.8) is 0 Å².